The van der Waals surface area contributed by atoms with Crippen molar-refractivity contribution in [3.05, 3.63) is 34.1 Å². The van der Waals surface area contributed by atoms with Crippen LogP contribution < -0.4 is 0 Å². The first kappa shape index (κ1) is 12.1. The molecule has 0 spiro atoms. The first-order valence-corrected chi connectivity index (χ1v) is 5.67. The SMILES string of the molecule is CC(=O)Cc1nnc(-c2cc(Cl)cc(Cl)c2)[nH]1. The molecule has 0 bridgehead atoms. The van der Waals surface area contributed by atoms with Gasteiger partial charge in [0.05, 0.1) is 6.42 Å². The van der Waals surface area contributed by atoms with Gasteiger partial charge in [0.15, 0.2) is 5.82 Å². The van der Waals surface area contributed by atoms with Gasteiger partial charge >= 0.3 is 0 Å². The number of nitrogens with one attached hydrogen (secondary N) is 1. The third kappa shape index (κ3) is 3.05. The lowest BCUT2D eigenvalue weighted by Crippen LogP contribution is -1.98. The van der Waals surface area contributed by atoms with E-state index in [0.29, 0.717) is 21.7 Å². The van der Waals surface area contributed by atoms with Crippen LogP contribution >= 0.6 is 23.2 Å². The molecule has 2 rings (SSSR count). The van der Waals surface area contributed by atoms with Crippen LogP contribution in [-0.4, -0.2) is 21.0 Å². The first-order valence-electron chi connectivity index (χ1n) is 4.92. The summed E-state index contributed by atoms with van der Waals surface area (Å²) in [4.78, 5) is 13.9. The Morgan fingerprint density at radius 2 is 1.88 bits per heavy atom. The second kappa shape index (κ2) is 4.85. The summed E-state index contributed by atoms with van der Waals surface area (Å²) in [5.41, 5.74) is 0.741. The summed E-state index contributed by atoms with van der Waals surface area (Å²) in [5.74, 6) is 1.10. The van der Waals surface area contributed by atoms with Crippen LogP contribution in [0.3, 0.4) is 0 Å². The standard InChI is InChI=1S/C11H9Cl2N3O/c1-6(17)2-10-14-11(16-15-10)7-3-8(12)5-9(13)4-7/h3-5H,2H2,1H3,(H,14,15,16). The Balaban J connectivity index is 2.33. The minimum atomic E-state index is 0.0248. The van der Waals surface area contributed by atoms with Crippen molar-refractivity contribution in [1.29, 1.82) is 0 Å². The maximum Gasteiger partial charge on any atom is 0.161 e. The number of halogens is 2. The number of hydrogen-bond donors (Lipinski definition) is 1. The molecule has 2 aromatic rings. The second-order valence-electron chi connectivity index (χ2n) is 3.66. The van der Waals surface area contributed by atoms with Crippen LogP contribution in [0, 0.1) is 0 Å². The normalized spacial score (nSPS) is 10.5. The molecule has 0 aliphatic carbocycles. The molecule has 0 unspecified atom stereocenters. The van der Waals surface area contributed by atoms with E-state index in [-0.39, 0.29) is 12.2 Å². The zero-order chi connectivity index (χ0) is 12.4. The second-order valence-corrected chi connectivity index (χ2v) is 4.53. The maximum atomic E-state index is 10.9. The Kier molecular flexibility index (Phi) is 3.45. The van der Waals surface area contributed by atoms with E-state index in [9.17, 15) is 4.79 Å². The van der Waals surface area contributed by atoms with Gasteiger partial charge in [-0.1, -0.05) is 23.2 Å². The van der Waals surface area contributed by atoms with E-state index < -0.39 is 0 Å². The first-order chi connectivity index (χ1) is 8.04. The molecule has 17 heavy (non-hydrogen) atoms. The van der Waals surface area contributed by atoms with Gasteiger partial charge in [0.1, 0.15) is 11.6 Å². The lowest BCUT2D eigenvalue weighted by molar-refractivity contribution is -0.116. The molecule has 0 saturated heterocycles. The molecular formula is C11H9Cl2N3O. The Hall–Kier alpha value is -1.39. The molecule has 1 heterocycles. The van der Waals surface area contributed by atoms with Gasteiger partial charge in [0.25, 0.3) is 0 Å². The molecule has 0 fully saturated rings. The fraction of sp³-hybridized carbons (Fsp3) is 0.182. The molecule has 1 aromatic carbocycles. The highest BCUT2D eigenvalue weighted by Crippen LogP contribution is 2.24. The molecule has 4 nitrogen and oxygen atoms in total. The third-order valence-corrected chi connectivity index (χ3v) is 2.52. The lowest BCUT2D eigenvalue weighted by atomic mass is 10.2. The van der Waals surface area contributed by atoms with Gasteiger partial charge in [-0.25, -0.2) is 0 Å². The van der Waals surface area contributed by atoms with E-state index in [0.717, 1.165) is 5.56 Å². The van der Waals surface area contributed by atoms with Gasteiger partial charge in [-0.05, 0) is 25.1 Å². The monoisotopic (exact) mass is 269 g/mol. The molecule has 0 aliphatic heterocycles. The molecule has 6 heteroatoms. The fourth-order valence-electron chi connectivity index (χ4n) is 1.43. The zero-order valence-electron chi connectivity index (χ0n) is 9.00. The molecule has 0 radical (unpaired) electrons. The Bertz CT molecular complexity index is 545. The summed E-state index contributed by atoms with van der Waals surface area (Å²) >= 11 is 11.8. The van der Waals surface area contributed by atoms with Crippen LogP contribution in [0.4, 0.5) is 0 Å². The van der Waals surface area contributed by atoms with Crippen molar-refractivity contribution in [2.24, 2.45) is 0 Å². The van der Waals surface area contributed by atoms with Crippen molar-refractivity contribution in [2.75, 3.05) is 0 Å². The molecule has 0 amide bonds. The van der Waals surface area contributed by atoms with Crippen molar-refractivity contribution in [3.8, 4) is 11.4 Å². The van der Waals surface area contributed by atoms with Crippen LogP contribution in [0.1, 0.15) is 12.7 Å². The molecule has 88 valence electrons. The van der Waals surface area contributed by atoms with Gasteiger partial charge in [-0.15, -0.1) is 10.2 Å². The molecule has 1 N–H and O–H groups in total. The van der Waals surface area contributed by atoms with E-state index in [1.54, 1.807) is 18.2 Å². The minimum absolute atomic E-state index is 0.0248. The Morgan fingerprint density at radius 3 is 2.47 bits per heavy atom. The van der Waals surface area contributed by atoms with Crippen LogP contribution in [0.5, 0.6) is 0 Å². The maximum absolute atomic E-state index is 10.9. The van der Waals surface area contributed by atoms with Gasteiger partial charge in [-0.3, -0.25) is 4.79 Å². The summed E-state index contributed by atoms with van der Waals surface area (Å²) in [5, 5.41) is 8.88. The summed E-state index contributed by atoms with van der Waals surface area (Å²) in [6, 6.07) is 5.09. The predicted molar refractivity (Wildman–Crippen MR) is 66.2 cm³/mol. The lowest BCUT2D eigenvalue weighted by Gasteiger charge is -1.98. The fourth-order valence-corrected chi connectivity index (χ4v) is 1.96. The molecule has 0 atom stereocenters. The van der Waals surface area contributed by atoms with Gasteiger partial charge in [-0.2, -0.15) is 0 Å². The number of carbonyl (C=O) groups excluding carboxylic acids is 1. The summed E-state index contributed by atoms with van der Waals surface area (Å²) < 4.78 is 0. The number of H-pyrrole nitrogens is 1. The smallest absolute Gasteiger partial charge is 0.161 e. The highest BCUT2D eigenvalue weighted by atomic mass is 35.5. The number of benzene rings is 1. The summed E-state index contributed by atoms with van der Waals surface area (Å²) in [6.07, 6.45) is 0.237. The van der Waals surface area contributed by atoms with Gasteiger partial charge in [0.2, 0.25) is 0 Å². The number of Topliss-reactive ketones (excluding diaryl/α,β-unsaturated/α-hetero) is 1. The summed E-state index contributed by atoms with van der Waals surface area (Å²) in [7, 11) is 0. The highest BCUT2D eigenvalue weighted by Gasteiger charge is 2.08. The Morgan fingerprint density at radius 1 is 1.24 bits per heavy atom. The topological polar surface area (TPSA) is 58.6 Å². The number of ketones is 1. The van der Waals surface area contributed by atoms with Gasteiger partial charge in [0, 0.05) is 15.6 Å². The van der Waals surface area contributed by atoms with Crippen LogP contribution in [0.25, 0.3) is 11.4 Å². The average Bonchev–Trinajstić information content (AvgIpc) is 2.63. The van der Waals surface area contributed by atoms with E-state index in [1.165, 1.54) is 6.92 Å². The van der Waals surface area contributed by atoms with E-state index in [1.807, 2.05) is 0 Å². The number of carbonyl (C=O) groups is 1. The Labute approximate surface area is 108 Å². The number of nitrogens with zero attached hydrogens (tertiary/aromatic N) is 2. The van der Waals surface area contributed by atoms with E-state index in [4.69, 9.17) is 23.2 Å². The van der Waals surface area contributed by atoms with Crippen LogP contribution in [-0.2, 0) is 11.2 Å². The number of aromatic amines is 1. The average molecular weight is 270 g/mol. The molecule has 0 aliphatic rings. The van der Waals surface area contributed by atoms with Crippen LogP contribution in [0.2, 0.25) is 10.0 Å². The summed E-state index contributed by atoms with van der Waals surface area (Å²) in [6.45, 7) is 1.50. The van der Waals surface area contributed by atoms with Crippen molar-refractivity contribution < 1.29 is 4.79 Å². The number of aromatic nitrogens is 3. The third-order valence-electron chi connectivity index (χ3n) is 2.09. The van der Waals surface area contributed by atoms with Crippen LogP contribution in [0.15, 0.2) is 18.2 Å². The van der Waals surface area contributed by atoms with E-state index in [2.05, 4.69) is 15.2 Å². The molecule has 1 aromatic heterocycles. The van der Waals surface area contributed by atoms with Crippen molar-refractivity contribution >= 4 is 29.0 Å². The zero-order valence-corrected chi connectivity index (χ0v) is 10.5. The number of rotatable bonds is 3. The highest BCUT2D eigenvalue weighted by molar-refractivity contribution is 6.35. The molecular weight excluding hydrogens is 261 g/mol. The van der Waals surface area contributed by atoms with Crippen molar-refractivity contribution in [1.82, 2.24) is 15.2 Å². The number of hydrogen-bond acceptors (Lipinski definition) is 3. The largest absolute Gasteiger partial charge is 0.325 e. The van der Waals surface area contributed by atoms with E-state index >= 15 is 0 Å². The van der Waals surface area contributed by atoms with Crippen molar-refractivity contribution in [2.45, 2.75) is 13.3 Å². The predicted octanol–water partition coefficient (Wildman–Crippen LogP) is 2.91. The van der Waals surface area contributed by atoms with Gasteiger partial charge < -0.3 is 4.98 Å². The quantitative estimate of drug-likeness (QED) is 0.932. The molecule has 0 saturated carbocycles. The minimum Gasteiger partial charge on any atom is -0.325 e. The van der Waals surface area contributed by atoms with Crippen molar-refractivity contribution in [3.63, 3.8) is 0 Å².